The molecule has 1 unspecified atom stereocenters. The highest BCUT2D eigenvalue weighted by atomic mass is 35.5. The molecule has 5 heteroatoms. The minimum absolute atomic E-state index is 0.331. The van der Waals surface area contributed by atoms with Crippen LogP contribution in [0.4, 0.5) is 4.39 Å². The Kier molecular flexibility index (Phi) is 3.79. The van der Waals surface area contributed by atoms with Crippen LogP contribution in [-0.2, 0) is 0 Å². The second-order valence-electron chi connectivity index (χ2n) is 3.80. The van der Waals surface area contributed by atoms with Gasteiger partial charge < -0.3 is 10.5 Å². The molecule has 2 rings (SSSR count). The number of nitrogens with two attached hydrogens (primary N) is 1. The largest absolute Gasteiger partial charge is 0.495 e. The summed E-state index contributed by atoms with van der Waals surface area (Å²) >= 11 is 5.84. The summed E-state index contributed by atoms with van der Waals surface area (Å²) in [5, 5.41) is 0.442. The van der Waals surface area contributed by atoms with Crippen molar-refractivity contribution in [3.05, 3.63) is 58.6 Å². The van der Waals surface area contributed by atoms with E-state index in [1.165, 1.54) is 25.3 Å². The third kappa shape index (κ3) is 2.60. The fraction of sp³-hybridized carbons (Fsp3) is 0.154. The number of hydrogen-bond donors (Lipinski definition) is 1. The van der Waals surface area contributed by atoms with Crippen molar-refractivity contribution in [1.29, 1.82) is 0 Å². The second kappa shape index (κ2) is 5.33. The smallest absolute Gasteiger partial charge is 0.137 e. The lowest BCUT2D eigenvalue weighted by Gasteiger charge is -2.14. The lowest BCUT2D eigenvalue weighted by Crippen LogP contribution is -2.14. The Bertz CT molecular complexity index is 562. The molecule has 0 aliphatic heterocycles. The molecule has 0 aliphatic carbocycles. The molecule has 1 aromatic heterocycles. The van der Waals surface area contributed by atoms with Gasteiger partial charge in [0.05, 0.1) is 19.3 Å². The maximum absolute atomic E-state index is 13.7. The summed E-state index contributed by atoms with van der Waals surface area (Å²) in [4.78, 5) is 3.99. The van der Waals surface area contributed by atoms with Gasteiger partial charge >= 0.3 is 0 Å². The van der Waals surface area contributed by atoms with E-state index in [1.54, 1.807) is 18.5 Å². The Morgan fingerprint density at radius 1 is 1.33 bits per heavy atom. The molecular weight excluding hydrogens is 255 g/mol. The first-order valence-corrected chi connectivity index (χ1v) is 5.69. The maximum atomic E-state index is 13.7. The number of pyridine rings is 1. The minimum atomic E-state index is -0.633. The average molecular weight is 267 g/mol. The van der Waals surface area contributed by atoms with Crippen LogP contribution in [0.15, 0.2) is 36.7 Å². The molecule has 0 saturated heterocycles. The average Bonchev–Trinajstić information content (AvgIpc) is 2.41. The second-order valence-corrected chi connectivity index (χ2v) is 4.24. The number of hydrogen-bond acceptors (Lipinski definition) is 3. The minimum Gasteiger partial charge on any atom is -0.495 e. The van der Waals surface area contributed by atoms with Gasteiger partial charge in [-0.3, -0.25) is 4.98 Å². The number of halogens is 2. The number of nitrogens with zero attached hydrogens (tertiary/aromatic N) is 1. The highest BCUT2D eigenvalue weighted by Crippen LogP contribution is 2.26. The lowest BCUT2D eigenvalue weighted by molar-refractivity contribution is 0.412. The fourth-order valence-corrected chi connectivity index (χ4v) is 1.83. The molecule has 0 radical (unpaired) electrons. The topological polar surface area (TPSA) is 48.1 Å². The van der Waals surface area contributed by atoms with E-state index in [4.69, 9.17) is 22.1 Å². The van der Waals surface area contributed by atoms with Gasteiger partial charge in [0.1, 0.15) is 11.6 Å². The molecule has 0 amide bonds. The van der Waals surface area contributed by atoms with Gasteiger partial charge in [0, 0.05) is 16.8 Å². The van der Waals surface area contributed by atoms with Crippen LogP contribution in [0.3, 0.4) is 0 Å². The number of aromatic nitrogens is 1. The monoisotopic (exact) mass is 266 g/mol. The van der Waals surface area contributed by atoms with Crippen molar-refractivity contribution >= 4 is 11.6 Å². The number of rotatable bonds is 3. The van der Waals surface area contributed by atoms with E-state index in [9.17, 15) is 4.39 Å². The molecule has 0 saturated carbocycles. The molecular formula is C13H12ClFN2O. The van der Waals surface area contributed by atoms with Gasteiger partial charge in [0.2, 0.25) is 0 Å². The van der Waals surface area contributed by atoms with Crippen molar-refractivity contribution in [1.82, 2.24) is 4.98 Å². The van der Waals surface area contributed by atoms with Crippen LogP contribution in [0.2, 0.25) is 5.02 Å². The SMILES string of the molecule is COc1cncc(C(N)c2cc(Cl)ccc2F)c1. The van der Waals surface area contributed by atoms with Crippen LogP contribution in [0.1, 0.15) is 17.2 Å². The number of methoxy groups -OCH3 is 1. The summed E-state index contributed by atoms with van der Waals surface area (Å²) in [6.45, 7) is 0. The highest BCUT2D eigenvalue weighted by Gasteiger charge is 2.15. The molecule has 1 atom stereocenters. The Morgan fingerprint density at radius 3 is 2.83 bits per heavy atom. The fourth-order valence-electron chi connectivity index (χ4n) is 1.65. The van der Waals surface area contributed by atoms with Crippen LogP contribution in [0.25, 0.3) is 0 Å². The summed E-state index contributed by atoms with van der Waals surface area (Å²) in [7, 11) is 1.53. The number of benzene rings is 1. The van der Waals surface area contributed by atoms with Gasteiger partial charge in [-0.2, -0.15) is 0 Å². The van der Waals surface area contributed by atoms with Crippen molar-refractivity contribution < 1.29 is 9.13 Å². The molecule has 1 heterocycles. The van der Waals surface area contributed by atoms with Gasteiger partial charge in [-0.15, -0.1) is 0 Å². The van der Waals surface area contributed by atoms with Gasteiger partial charge in [0.15, 0.2) is 0 Å². The molecule has 0 aliphatic rings. The number of ether oxygens (including phenoxy) is 1. The van der Waals surface area contributed by atoms with Crippen LogP contribution < -0.4 is 10.5 Å². The standard InChI is InChI=1S/C13H12ClFN2O/c1-18-10-4-8(6-17-7-10)13(16)11-5-9(14)2-3-12(11)15/h2-7,13H,16H2,1H3. The van der Waals surface area contributed by atoms with Gasteiger partial charge in [-0.1, -0.05) is 11.6 Å². The lowest BCUT2D eigenvalue weighted by atomic mass is 10.0. The van der Waals surface area contributed by atoms with E-state index >= 15 is 0 Å². The predicted octanol–water partition coefficient (Wildman–Crippen LogP) is 2.93. The van der Waals surface area contributed by atoms with E-state index < -0.39 is 11.9 Å². The Balaban J connectivity index is 2.40. The van der Waals surface area contributed by atoms with E-state index in [0.717, 1.165) is 0 Å². The summed E-state index contributed by atoms with van der Waals surface area (Å²) in [6, 6.07) is 5.38. The maximum Gasteiger partial charge on any atom is 0.137 e. The van der Waals surface area contributed by atoms with Crippen molar-refractivity contribution in [2.24, 2.45) is 5.73 Å². The molecule has 3 nitrogen and oxygen atoms in total. The van der Waals surface area contributed by atoms with E-state index in [2.05, 4.69) is 4.98 Å². The molecule has 1 aromatic carbocycles. The van der Waals surface area contributed by atoms with E-state index in [0.29, 0.717) is 21.9 Å². The Hall–Kier alpha value is -1.65. The summed E-state index contributed by atoms with van der Waals surface area (Å²) in [5.41, 5.74) is 7.01. The van der Waals surface area contributed by atoms with Gasteiger partial charge in [-0.05, 0) is 29.8 Å². The molecule has 0 fully saturated rings. The van der Waals surface area contributed by atoms with Gasteiger partial charge in [0.25, 0.3) is 0 Å². The van der Waals surface area contributed by atoms with E-state index in [1.807, 2.05) is 0 Å². The molecule has 2 N–H and O–H groups in total. The predicted molar refractivity (Wildman–Crippen MR) is 68.2 cm³/mol. The summed E-state index contributed by atoms with van der Waals surface area (Å²) < 4.78 is 18.8. The van der Waals surface area contributed by atoms with Crippen LogP contribution in [0.5, 0.6) is 5.75 Å². The molecule has 0 spiro atoms. The third-order valence-corrected chi connectivity index (χ3v) is 2.86. The Morgan fingerprint density at radius 2 is 2.11 bits per heavy atom. The van der Waals surface area contributed by atoms with Crippen molar-refractivity contribution in [3.63, 3.8) is 0 Å². The summed E-state index contributed by atoms with van der Waals surface area (Å²) in [5.74, 6) is 0.181. The zero-order valence-electron chi connectivity index (χ0n) is 9.73. The molecule has 94 valence electrons. The van der Waals surface area contributed by atoms with Crippen molar-refractivity contribution in [2.75, 3.05) is 7.11 Å². The molecule has 0 bridgehead atoms. The first-order chi connectivity index (χ1) is 8.61. The zero-order chi connectivity index (χ0) is 13.1. The van der Waals surface area contributed by atoms with Crippen LogP contribution >= 0.6 is 11.6 Å². The van der Waals surface area contributed by atoms with Crippen molar-refractivity contribution in [3.8, 4) is 5.75 Å². The highest BCUT2D eigenvalue weighted by molar-refractivity contribution is 6.30. The van der Waals surface area contributed by atoms with Crippen LogP contribution in [-0.4, -0.2) is 12.1 Å². The first-order valence-electron chi connectivity index (χ1n) is 5.31. The first kappa shape index (κ1) is 12.8. The third-order valence-electron chi connectivity index (χ3n) is 2.62. The van der Waals surface area contributed by atoms with E-state index in [-0.39, 0.29) is 0 Å². The molecule has 2 aromatic rings. The van der Waals surface area contributed by atoms with Crippen LogP contribution in [0, 0.1) is 5.82 Å². The van der Waals surface area contributed by atoms with Crippen molar-refractivity contribution in [2.45, 2.75) is 6.04 Å². The zero-order valence-corrected chi connectivity index (χ0v) is 10.5. The van der Waals surface area contributed by atoms with Gasteiger partial charge in [-0.25, -0.2) is 4.39 Å². The summed E-state index contributed by atoms with van der Waals surface area (Å²) in [6.07, 6.45) is 3.14. The Labute approximate surface area is 109 Å². The normalized spacial score (nSPS) is 12.2. The molecule has 18 heavy (non-hydrogen) atoms. The quantitative estimate of drug-likeness (QED) is 0.929.